The number of carbonyl (C=O) groups excluding carboxylic acids is 1. The van der Waals surface area contributed by atoms with Crippen molar-refractivity contribution < 1.29 is 9.90 Å². The van der Waals surface area contributed by atoms with Crippen LogP contribution in [0.25, 0.3) is 0 Å². The van der Waals surface area contributed by atoms with E-state index in [0.29, 0.717) is 12.2 Å². The lowest BCUT2D eigenvalue weighted by Crippen LogP contribution is -2.38. The van der Waals surface area contributed by atoms with Gasteiger partial charge in [-0.3, -0.25) is 4.79 Å². The maximum atomic E-state index is 12.6. The van der Waals surface area contributed by atoms with Gasteiger partial charge >= 0.3 is 0 Å². The zero-order chi connectivity index (χ0) is 16.2. The second-order valence-electron chi connectivity index (χ2n) is 5.88. The summed E-state index contributed by atoms with van der Waals surface area (Å²) >= 11 is 0. The van der Waals surface area contributed by atoms with Crippen LogP contribution in [0.3, 0.4) is 0 Å². The van der Waals surface area contributed by atoms with E-state index < -0.39 is 0 Å². The van der Waals surface area contributed by atoms with Crippen molar-refractivity contribution in [3.05, 3.63) is 46.8 Å². The minimum Gasteiger partial charge on any atom is -0.390 e. The summed E-state index contributed by atoms with van der Waals surface area (Å²) in [4.78, 5) is 14.5. The highest BCUT2D eigenvalue weighted by molar-refractivity contribution is 5.76. The SMILES string of the molecule is CCCc1c(CO)nnn1CC(=O)N1CCc2ccccc2C1. The molecular formula is C17H22N4O2. The Labute approximate surface area is 135 Å². The number of benzene rings is 1. The van der Waals surface area contributed by atoms with Gasteiger partial charge in [-0.15, -0.1) is 5.10 Å². The zero-order valence-corrected chi connectivity index (χ0v) is 13.4. The highest BCUT2D eigenvalue weighted by Gasteiger charge is 2.22. The van der Waals surface area contributed by atoms with Gasteiger partial charge in [-0.25, -0.2) is 4.68 Å². The normalized spacial score (nSPS) is 13.9. The lowest BCUT2D eigenvalue weighted by Gasteiger charge is -2.29. The molecule has 0 atom stereocenters. The number of hydrogen-bond donors (Lipinski definition) is 1. The van der Waals surface area contributed by atoms with Gasteiger partial charge < -0.3 is 10.0 Å². The monoisotopic (exact) mass is 314 g/mol. The van der Waals surface area contributed by atoms with Crippen molar-refractivity contribution >= 4 is 5.91 Å². The molecule has 1 amide bonds. The average Bonchev–Trinajstić information content (AvgIpc) is 2.96. The van der Waals surface area contributed by atoms with Crippen LogP contribution >= 0.6 is 0 Å². The van der Waals surface area contributed by atoms with E-state index in [-0.39, 0.29) is 19.1 Å². The average molecular weight is 314 g/mol. The molecule has 0 fully saturated rings. The van der Waals surface area contributed by atoms with Gasteiger partial charge in [-0.2, -0.15) is 0 Å². The van der Waals surface area contributed by atoms with Gasteiger partial charge in [0, 0.05) is 13.1 Å². The van der Waals surface area contributed by atoms with Crippen LogP contribution in [0, 0.1) is 0 Å². The van der Waals surface area contributed by atoms with Crippen LogP contribution in [0.5, 0.6) is 0 Å². The Bertz CT molecular complexity index is 696. The molecule has 0 unspecified atom stereocenters. The van der Waals surface area contributed by atoms with Crippen LogP contribution in [-0.2, 0) is 37.3 Å². The Morgan fingerprint density at radius 1 is 1.30 bits per heavy atom. The van der Waals surface area contributed by atoms with E-state index in [1.54, 1.807) is 4.68 Å². The number of nitrogens with zero attached hydrogens (tertiary/aromatic N) is 4. The second-order valence-corrected chi connectivity index (χ2v) is 5.88. The number of rotatable bonds is 5. The predicted molar refractivity (Wildman–Crippen MR) is 85.5 cm³/mol. The summed E-state index contributed by atoms with van der Waals surface area (Å²) in [7, 11) is 0. The summed E-state index contributed by atoms with van der Waals surface area (Å²) in [5.74, 6) is 0.0474. The van der Waals surface area contributed by atoms with E-state index in [9.17, 15) is 9.90 Å². The molecule has 1 aliphatic rings. The molecule has 1 aromatic carbocycles. The molecule has 23 heavy (non-hydrogen) atoms. The van der Waals surface area contributed by atoms with Gasteiger partial charge in [0.25, 0.3) is 0 Å². The van der Waals surface area contributed by atoms with Gasteiger partial charge in [0.2, 0.25) is 5.91 Å². The third kappa shape index (κ3) is 3.27. The molecule has 3 rings (SSSR count). The molecule has 0 radical (unpaired) electrons. The number of aliphatic hydroxyl groups is 1. The van der Waals surface area contributed by atoms with Crippen molar-refractivity contribution in [1.29, 1.82) is 0 Å². The van der Waals surface area contributed by atoms with E-state index in [0.717, 1.165) is 31.5 Å². The summed E-state index contributed by atoms with van der Waals surface area (Å²) in [6.45, 7) is 3.49. The summed E-state index contributed by atoms with van der Waals surface area (Å²) in [5, 5.41) is 17.4. The van der Waals surface area contributed by atoms with Crippen LogP contribution in [0.1, 0.15) is 35.9 Å². The van der Waals surface area contributed by atoms with Crippen molar-refractivity contribution in [3.8, 4) is 0 Å². The van der Waals surface area contributed by atoms with E-state index in [1.165, 1.54) is 11.1 Å². The third-order valence-electron chi connectivity index (χ3n) is 4.32. The molecule has 0 spiro atoms. The summed E-state index contributed by atoms with van der Waals surface area (Å²) in [6.07, 6.45) is 2.58. The van der Waals surface area contributed by atoms with E-state index in [1.807, 2.05) is 17.0 Å². The first-order valence-electron chi connectivity index (χ1n) is 8.09. The topological polar surface area (TPSA) is 71.2 Å². The predicted octanol–water partition coefficient (Wildman–Crippen LogP) is 1.31. The van der Waals surface area contributed by atoms with Gasteiger partial charge in [-0.05, 0) is 24.0 Å². The highest BCUT2D eigenvalue weighted by Crippen LogP contribution is 2.19. The van der Waals surface area contributed by atoms with Crippen molar-refractivity contribution in [2.45, 2.75) is 45.9 Å². The standard InChI is InChI=1S/C17H22N4O2/c1-2-5-16-15(12-22)18-19-21(16)11-17(23)20-9-8-13-6-3-4-7-14(13)10-20/h3-4,6-7,22H,2,5,8-12H2,1H3. The number of amides is 1. The third-order valence-corrected chi connectivity index (χ3v) is 4.32. The van der Waals surface area contributed by atoms with Gasteiger partial charge in [-0.1, -0.05) is 42.8 Å². The molecule has 0 saturated carbocycles. The van der Waals surface area contributed by atoms with Gasteiger partial charge in [0.05, 0.1) is 12.3 Å². The smallest absolute Gasteiger partial charge is 0.244 e. The first kappa shape index (κ1) is 15.7. The van der Waals surface area contributed by atoms with Gasteiger partial charge in [0.1, 0.15) is 12.2 Å². The fraction of sp³-hybridized carbons (Fsp3) is 0.471. The molecule has 6 heteroatoms. The van der Waals surface area contributed by atoms with E-state index in [4.69, 9.17) is 0 Å². The molecule has 2 aromatic rings. The molecule has 1 aliphatic heterocycles. The van der Waals surface area contributed by atoms with Crippen LogP contribution < -0.4 is 0 Å². The minimum absolute atomic E-state index is 0.0474. The molecule has 0 aliphatic carbocycles. The Hall–Kier alpha value is -2.21. The largest absolute Gasteiger partial charge is 0.390 e. The summed E-state index contributed by atoms with van der Waals surface area (Å²) < 4.78 is 1.64. The molecule has 0 bridgehead atoms. The Morgan fingerprint density at radius 3 is 2.83 bits per heavy atom. The fourth-order valence-electron chi connectivity index (χ4n) is 3.07. The number of aliphatic hydroxyl groups excluding tert-OH is 1. The summed E-state index contributed by atoms with van der Waals surface area (Å²) in [5.41, 5.74) is 3.98. The first-order chi connectivity index (χ1) is 11.2. The minimum atomic E-state index is -0.138. The van der Waals surface area contributed by atoms with Crippen LogP contribution in [0.2, 0.25) is 0 Å². The Kier molecular flexibility index (Phi) is 4.71. The molecule has 122 valence electrons. The van der Waals surface area contributed by atoms with E-state index >= 15 is 0 Å². The Morgan fingerprint density at radius 2 is 2.09 bits per heavy atom. The molecule has 2 heterocycles. The fourth-order valence-corrected chi connectivity index (χ4v) is 3.07. The van der Waals surface area contributed by atoms with Gasteiger partial charge in [0.15, 0.2) is 0 Å². The maximum Gasteiger partial charge on any atom is 0.244 e. The quantitative estimate of drug-likeness (QED) is 0.903. The molecule has 1 N–H and O–H groups in total. The maximum absolute atomic E-state index is 12.6. The summed E-state index contributed by atoms with van der Waals surface area (Å²) in [6, 6.07) is 8.26. The van der Waals surface area contributed by atoms with Crippen molar-refractivity contribution in [3.63, 3.8) is 0 Å². The second kappa shape index (κ2) is 6.91. The van der Waals surface area contributed by atoms with Crippen LogP contribution in [-0.4, -0.2) is 37.5 Å². The Balaban J connectivity index is 1.72. The number of fused-ring (bicyclic) bond motifs is 1. The van der Waals surface area contributed by atoms with Crippen LogP contribution in [0.4, 0.5) is 0 Å². The molecule has 1 aromatic heterocycles. The first-order valence-corrected chi connectivity index (χ1v) is 8.09. The van der Waals surface area contributed by atoms with Crippen LogP contribution in [0.15, 0.2) is 24.3 Å². The van der Waals surface area contributed by atoms with Crippen molar-refractivity contribution in [2.24, 2.45) is 0 Å². The number of carbonyl (C=O) groups is 1. The lowest BCUT2D eigenvalue weighted by molar-refractivity contribution is -0.133. The van der Waals surface area contributed by atoms with E-state index in [2.05, 4.69) is 29.4 Å². The van der Waals surface area contributed by atoms with Crippen molar-refractivity contribution in [2.75, 3.05) is 6.54 Å². The van der Waals surface area contributed by atoms with Crippen molar-refractivity contribution in [1.82, 2.24) is 19.9 Å². The number of aromatic nitrogens is 3. The lowest BCUT2D eigenvalue weighted by atomic mass is 10.00. The number of hydrogen-bond acceptors (Lipinski definition) is 4. The molecule has 6 nitrogen and oxygen atoms in total. The highest BCUT2D eigenvalue weighted by atomic mass is 16.3. The zero-order valence-electron chi connectivity index (χ0n) is 13.4. The molecular weight excluding hydrogens is 292 g/mol. The molecule has 0 saturated heterocycles.